The van der Waals surface area contributed by atoms with Crippen LogP contribution >= 0.6 is 27.3 Å². The number of carbonyl (C=O) groups is 1. The first-order valence-electron chi connectivity index (χ1n) is 7.04. The zero-order valence-corrected chi connectivity index (χ0v) is 16.6. The summed E-state index contributed by atoms with van der Waals surface area (Å²) in [7, 11) is -0.278. The van der Waals surface area contributed by atoms with E-state index >= 15 is 0 Å². The number of nitrogens with zero attached hydrogens (tertiary/aromatic N) is 3. The molecule has 134 valence electrons. The van der Waals surface area contributed by atoms with Gasteiger partial charge in [-0.05, 0) is 34.1 Å². The van der Waals surface area contributed by atoms with Crippen molar-refractivity contribution in [3.63, 3.8) is 0 Å². The molecule has 0 radical (unpaired) electrons. The standard InChI is InChI=1S/C14H14BrN3O5S2/c1-22-11-5-8(13(19)23-2)3-4-10(11)18(25(20)21)17-6-9-12(7-17)24-14(15)16-9/h3-5,25H,6-7H2,1-2H3. The summed E-state index contributed by atoms with van der Waals surface area (Å²) in [6, 6.07) is 4.47. The van der Waals surface area contributed by atoms with Crippen molar-refractivity contribution in [2.45, 2.75) is 13.1 Å². The van der Waals surface area contributed by atoms with Crippen LogP contribution in [0.1, 0.15) is 20.9 Å². The number of methoxy groups -OCH3 is 2. The molecule has 1 aromatic heterocycles. The second-order valence-corrected chi connectivity index (χ2v) is 8.28. The van der Waals surface area contributed by atoms with Crippen LogP contribution in [0.5, 0.6) is 5.75 Å². The van der Waals surface area contributed by atoms with Crippen LogP contribution in [0.4, 0.5) is 5.69 Å². The van der Waals surface area contributed by atoms with Crippen molar-refractivity contribution in [1.29, 1.82) is 0 Å². The van der Waals surface area contributed by atoms with Gasteiger partial charge in [-0.1, -0.05) is 0 Å². The smallest absolute Gasteiger partial charge is 0.337 e. The number of carbonyl (C=O) groups excluding carboxylic acids is 1. The lowest BCUT2D eigenvalue weighted by Crippen LogP contribution is -2.38. The average Bonchev–Trinajstić information content (AvgIpc) is 3.11. The van der Waals surface area contributed by atoms with Gasteiger partial charge in [0, 0.05) is 4.88 Å². The van der Waals surface area contributed by atoms with Gasteiger partial charge in [-0.15, -0.1) is 11.3 Å². The minimum absolute atomic E-state index is 0.256. The summed E-state index contributed by atoms with van der Waals surface area (Å²) in [4.78, 5) is 17.0. The second-order valence-electron chi connectivity index (χ2n) is 5.06. The number of aromatic nitrogens is 1. The minimum atomic E-state index is -2.96. The molecular weight excluding hydrogens is 434 g/mol. The summed E-state index contributed by atoms with van der Waals surface area (Å²) in [6.45, 7) is 0.784. The van der Waals surface area contributed by atoms with E-state index in [-0.39, 0.29) is 11.3 Å². The van der Waals surface area contributed by atoms with Crippen molar-refractivity contribution >= 4 is 49.8 Å². The molecule has 0 saturated carbocycles. The Morgan fingerprint density at radius 3 is 2.72 bits per heavy atom. The predicted molar refractivity (Wildman–Crippen MR) is 96.2 cm³/mol. The molecule has 0 atom stereocenters. The molecule has 1 aliphatic rings. The van der Waals surface area contributed by atoms with Gasteiger partial charge in [0.2, 0.25) is 10.9 Å². The van der Waals surface area contributed by atoms with Crippen molar-refractivity contribution in [2.75, 3.05) is 18.6 Å². The number of anilines is 1. The Balaban J connectivity index is 1.96. The molecule has 0 N–H and O–H groups in total. The van der Waals surface area contributed by atoms with Crippen molar-refractivity contribution in [1.82, 2.24) is 9.99 Å². The van der Waals surface area contributed by atoms with Crippen LogP contribution in [-0.2, 0) is 28.7 Å². The molecule has 11 heteroatoms. The van der Waals surface area contributed by atoms with Crippen molar-refractivity contribution in [3.8, 4) is 5.75 Å². The first-order valence-corrected chi connectivity index (χ1v) is 9.78. The first kappa shape index (κ1) is 18.1. The minimum Gasteiger partial charge on any atom is -0.494 e. The molecule has 0 saturated heterocycles. The fraction of sp³-hybridized carbons (Fsp3) is 0.286. The van der Waals surface area contributed by atoms with Gasteiger partial charge in [-0.3, -0.25) is 0 Å². The maximum atomic E-state index is 11.9. The van der Waals surface area contributed by atoms with Gasteiger partial charge in [0.25, 0.3) is 0 Å². The third-order valence-electron chi connectivity index (χ3n) is 3.65. The molecule has 0 fully saturated rings. The highest BCUT2D eigenvalue weighted by molar-refractivity contribution is 9.11. The lowest BCUT2D eigenvalue weighted by atomic mass is 10.2. The van der Waals surface area contributed by atoms with E-state index in [4.69, 9.17) is 4.74 Å². The molecule has 1 aliphatic heterocycles. The number of hydrogen-bond donors (Lipinski definition) is 1. The summed E-state index contributed by atoms with van der Waals surface area (Å²) in [5.41, 5.74) is 1.43. The summed E-state index contributed by atoms with van der Waals surface area (Å²) < 4.78 is 35.7. The Morgan fingerprint density at radius 2 is 2.12 bits per heavy atom. The molecule has 0 aliphatic carbocycles. The fourth-order valence-corrected chi connectivity index (χ4v) is 4.83. The molecule has 2 aromatic rings. The largest absolute Gasteiger partial charge is 0.494 e. The normalized spacial score (nSPS) is 13.8. The van der Waals surface area contributed by atoms with Gasteiger partial charge in [-0.25, -0.2) is 18.2 Å². The van der Waals surface area contributed by atoms with Crippen LogP contribution in [0.25, 0.3) is 0 Å². The SMILES string of the molecule is COC(=O)c1ccc(N(N2Cc3nc(Br)sc3C2)[SH](=O)=O)c(OC)c1. The molecule has 0 unspecified atom stereocenters. The fourth-order valence-electron chi connectivity index (χ4n) is 2.56. The number of benzene rings is 1. The lowest BCUT2D eigenvalue weighted by molar-refractivity contribution is 0.0600. The molecule has 8 nitrogen and oxygen atoms in total. The molecule has 0 amide bonds. The van der Waals surface area contributed by atoms with Crippen LogP contribution < -0.4 is 9.15 Å². The molecule has 2 heterocycles. The number of fused-ring (bicyclic) bond motifs is 1. The van der Waals surface area contributed by atoms with Gasteiger partial charge in [-0.2, -0.15) is 9.42 Å². The molecular formula is C14H14BrN3O5S2. The average molecular weight is 448 g/mol. The van der Waals surface area contributed by atoms with Crippen LogP contribution in [0.15, 0.2) is 22.1 Å². The van der Waals surface area contributed by atoms with E-state index in [2.05, 4.69) is 25.7 Å². The van der Waals surface area contributed by atoms with Crippen LogP contribution in [-0.4, -0.2) is 38.6 Å². The van der Waals surface area contributed by atoms with E-state index in [0.29, 0.717) is 18.8 Å². The van der Waals surface area contributed by atoms with E-state index in [1.807, 2.05) is 0 Å². The Hall–Kier alpha value is -1.69. The van der Waals surface area contributed by atoms with Gasteiger partial charge < -0.3 is 9.47 Å². The second kappa shape index (κ2) is 7.28. The van der Waals surface area contributed by atoms with Gasteiger partial charge in [0.1, 0.15) is 11.4 Å². The zero-order valence-electron chi connectivity index (χ0n) is 13.3. The quantitative estimate of drug-likeness (QED) is 0.553. The zero-order chi connectivity index (χ0) is 18.1. The molecule has 25 heavy (non-hydrogen) atoms. The highest BCUT2D eigenvalue weighted by Gasteiger charge is 2.31. The highest BCUT2D eigenvalue weighted by atomic mass is 79.9. The van der Waals surface area contributed by atoms with Crippen molar-refractivity contribution in [2.24, 2.45) is 0 Å². The summed E-state index contributed by atoms with van der Waals surface area (Å²) in [5.74, 6) is -0.271. The van der Waals surface area contributed by atoms with E-state index < -0.39 is 16.9 Å². The lowest BCUT2D eigenvalue weighted by Gasteiger charge is -2.28. The maximum Gasteiger partial charge on any atom is 0.337 e. The number of thiol groups is 1. The number of halogens is 1. The highest BCUT2D eigenvalue weighted by Crippen LogP contribution is 2.36. The van der Waals surface area contributed by atoms with E-state index in [9.17, 15) is 13.2 Å². The Labute approximate surface area is 158 Å². The monoisotopic (exact) mass is 447 g/mol. The van der Waals surface area contributed by atoms with E-state index in [0.717, 1.165) is 18.9 Å². The number of esters is 1. The predicted octanol–water partition coefficient (Wildman–Crippen LogP) is 1.96. The van der Waals surface area contributed by atoms with Crippen molar-refractivity contribution in [3.05, 3.63) is 38.3 Å². The summed E-state index contributed by atoms with van der Waals surface area (Å²) in [6.07, 6.45) is 0. The van der Waals surface area contributed by atoms with Crippen LogP contribution in [0, 0.1) is 0 Å². The molecule has 3 rings (SSSR count). The number of rotatable bonds is 5. The number of hydrogen-bond acceptors (Lipinski definition) is 8. The topological polar surface area (TPSA) is 89.0 Å². The number of thiazole rings is 1. The third kappa shape index (κ3) is 3.50. The first-order chi connectivity index (χ1) is 11.9. The molecule has 0 spiro atoms. The molecule has 1 aromatic carbocycles. The van der Waals surface area contributed by atoms with Crippen molar-refractivity contribution < 1.29 is 22.7 Å². The van der Waals surface area contributed by atoms with E-state index in [1.165, 1.54) is 43.8 Å². The Kier molecular flexibility index (Phi) is 5.27. The van der Waals surface area contributed by atoms with Gasteiger partial charge >= 0.3 is 5.97 Å². The summed E-state index contributed by atoms with van der Waals surface area (Å²) >= 11 is 4.80. The molecule has 0 bridgehead atoms. The Bertz CT molecular complexity index is 867. The Morgan fingerprint density at radius 1 is 1.36 bits per heavy atom. The van der Waals surface area contributed by atoms with E-state index in [1.54, 1.807) is 5.01 Å². The van der Waals surface area contributed by atoms with Gasteiger partial charge in [0.05, 0.1) is 38.6 Å². The maximum absolute atomic E-state index is 11.9. The van der Waals surface area contributed by atoms with Gasteiger partial charge in [0.15, 0.2) is 3.92 Å². The summed E-state index contributed by atoms with van der Waals surface area (Å²) in [5, 5.41) is 1.65. The number of hydrazine groups is 1. The third-order valence-corrected chi connectivity index (χ3v) is 5.96. The number of ether oxygens (including phenoxy) is 2. The van der Waals surface area contributed by atoms with Crippen LogP contribution in [0.3, 0.4) is 0 Å². The van der Waals surface area contributed by atoms with Crippen LogP contribution in [0.2, 0.25) is 0 Å².